The number of rotatable bonds is 1. The molecule has 0 saturated heterocycles. The van der Waals surface area contributed by atoms with Gasteiger partial charge >= 0.3 is 0 Å². The first kappa shape index (κ1) is 13.4. The number of fused-ring (bicyclic) bond motifs is 1. The minimum absolute atomic E-state index is 0.331. The standard InChI is InChI=1S/C16H17ClN2O/c1-9-7-11(8-10(2)14(9)20)16-18-13-6-4-3-5-12(13)15(17)19-16/h7-8,20H,3-6H2,1-2H3. The van der Waals surface area contributed by atoms with Crippen LogP contribution in [0, 0.1) is 13.8 Å². The van der Waals surface area contributed by atoms with Gasteiger partial charge in [-0.2, -0.15) is 0 Å². The Bertz CT molecular complexity index is 659. The molecule has 0 spiro atoms. The van der Waals surface area contributed by atoms with E-state index in [0.717, 1.165) is 53.6 Å². The fourth-order valence-corrected chi connectivity index (χ4v) is 3.05. The highest BCUT2D eigenvalue weighted by atomic mass is 35.5. The van der Waals surface area contributed by atoms with Crippen LogP contribution >= 0.6 is 11.6 Å². The van der Waals surface area contributed by atoms with Crippen molar-refractivity contribution in [2.75, 3.05) is 0 Å². The zero-order chi connectivity index (χ0) is 14.3. The fourth-order valence-electron chi connectivity index (χ4n) is 2.76. The van der Waals surface area contributed by atoms with Gasteiger partial charge in [0, 0.05) is 16.8 Å². The number of aromatic hydroxyl groups is 1. The molecule has 1 heterocycles. The topological polar surface area (TPSA) is 46.0 Å². The molecule has 1 aliphatic rings. The van der Waals surface area contributed by atoms with E-state index in [0.29, 0.717) is 16.7 Å². The number of aryl methyl sites for hydroxylation is 3. The largest absolute Gasteiger partial charge is 0.507 e. The molecule has 1 N–H and O–H groups in total. The van der Waals surface area contributed by atoms with Crippen LogP contribution in [0.3, 0.4) is 0 Å². The van der Waals surface area contributed by atoms with Crippen LogP contribution in [0.1, 0.15) is 35.2 Å². The van der Waals surface area contributed by atoms with E-state index in [1.54, 1.807) is 0 Å². The van der Waals surface area contributed by atoms with Crippen LogP contribution in [-0.4, -0.2) is 15.1 Å². The van der Waals surface area contributed by atoms with Crippen molar-refractivity contribution in [2.24, 2.45) is 0 Å². The molecular weight excluding hydrogens is 272 g/mol. The van der Waals surface area contributed by atoms with E-state index in [2.05, 4.69) is 9.97 Å². The first-order valence-corrected chi connectivity index (χ1v) is 7.30. The maximum Gasteiger partial charge on any atom is 0.161 e. The summed E-state index contributed by atoms with van der Waals surface area (Å²) in [6, 6.07) is 3.81. The average Bonchev–Trinajstić information content (AvgIpc) is 2.44. The molecule has 4 heteroatoms. The first-order chi connectivity index (χ1) is 9.56. The Kier molecular flexibility index (Phi) is 3.38. The molecule has 0 aliphatic heterocycles. The Morgan fingerprint density at radius 1 is 1.05 bits per heavy atom. The van der Waals surface area contributed by atoms with E-state index in [1.807, 2.05) is 26.0 Å². The van der Waals surface area contributed by atoms with Crippen LogP contribution < -0.4 is 0 Å². The van der Waals surface area contributed by atoms with Gasteiger partial charge in [0.05, 0.1) is 0 Å². The summed E-state index contributed by atoms with van der Waals surface area (Å²) in [6.45, 7) is 3.76. The van der Waals surface area contributed by atoms with E-state index in [1.165, 1.54) is 0 Å². The predicted octanol–water partition coefficient (Wildman–Crippen LogP) is 4.00. The van der Waals surface area contributed by atoms with Gasteiger partial charge in [0.1, 0.15) is 10.9 Å². The van der Waals surface area contributed by atoms with Gasteiger partial charge in [0.25, 0.3) is 0 Å². The van der Waals surface area contributed by atoms with Gasteiger partial charge in [0.15, 0.2) is 5.82 Å². The van der Waals surface area contributed by atoms with Gasteiger partial charge in [-0.3, -0.25) is 0 Å². The molecule has 0 radical (unpaired) electrons. The highest BCUT2D eigenvalue weighted by molar-refractivity contribution is 6.30. The molecule has 1 aromatic heterocycles. The lowest BCUT2D eigenvalue weighted by atomic mass is 9.97. The smallest absolute Gasteiger partial charge is 0.161 e. The molecule has 2 aromatic rings. The van der Waals surface area contributed by atoms with Crippen molar-refractivity contribution in [1.82, 2.24) is 9.97 Å². The molecule has 20 heavy (non-hydrogen) atoms. The molecule has 3 rings (SSSR count). The quantitative estimate of drug-likeness (QED) is 0.807. The third-order valence-corrected chi connectivity index (χ3v) is 4.19. The van der Waals surface area contributed by atoms with Gasteiger partial charge in [-0.1, -0.05) is 11.6 Å². The molecule has 0 atom stereocenters. The van der Waals surface area contributed by atoms with Crippen molar-refractivity contribution < 1.29 is 5.11 Å². The molecule has 0 amide bonds. The lowest BCUT2D eigenvalue weighted by Crippen LogP contribution is -2.09. The number of nitrogens with zero attached hydrogens (tertiary/aromatic N) is 2. The van der Waals surface area contributed by atoms with E-state index >= 15 is 0 Å². The third kappa shape index (κ3) is 2.27. The van der Waals surface area contributed by atoms with Gasteiger partial charge in [0.2, 0.25) is 0 Å². The van der Waals surface area contributed by atoms with Gasteiger partial charge in [-0.05, 0) is 62.8 Å². The van der Waals surface area contributed by atoms with Crippen LogP contribution in [0.5, 0.6) is 5.75 Å². The van der Waals surface area contributed by atoms with Gasteiger partial charge < -0.3 is 5.11 Å². The Labute approximate surface area is 123 Å². The summed E-state index contributed by atoms with van der Waals surface area (Å²) in [5.41, 5.74) is 4.76. The molecule has 0 unspecified atom stereocenters. The van der Waals surface area contributed by atoms with E-state index in [4.69, 9.17) is 11.6 Å². The molecule has 3 nitrogen and oxygen atoms in total. The Balaban J connectivity index is 2.13. The number of benzene rings is 1. The number of hydrogen-bond donors (Lipinski definition) is 1. The summed E-state index contributed by atoms with van der Waals surface area (Å²) < 4.78 is 0. The molecule has 0 bridgehead atoms. The molecule has 1 aromatic carbocycles. The highest BCUT2D eigenvalue weighted by Crippen LogP contribution is 2.31. The summed E-state index contributed by atoms with van der Waals surface area (Å²) in [7, 11) is 0. The van der Waals surface area contributed by atoms with Crippen LogP contribution in [0.25, 0.3) is 11.4 Å². The van der Waals surface area contributed by atoms with E-state index in [9.17, 15) is 5.11 Å². The van der Waals surface area contributed by atoms with Crippen molar-refractivity contribution in [3.05, 3.63) is 39.7 Å². The fraction of sp³-hybridized carbons (Fsp3) is 0.375. The van der Waals surface area contributed by atoms with Gasteiger partial charge in [-0.15, -0.1) is 0 Å². The molecule has 0 saturated carbocycles. The first-order valence-electron chi connectivity index (χ1n) is 6.92. The number of halogens is 1. The Hall–Kier alpha value is -1.61. The number of phenolic OH excluding ortho intramolecular Hbond substituents is 1. The van der Waals surface area contributed by atoms with Crippen molar-refractivity contribution in [3.8, 4) is 17.1 Å². The summed E-state index contributed by atoms with van der Waals surface area (Å²) in [6.07, 6.45) is 4.27. The number of hydrogen-bond acceptors (Lipinski definition) is 3. The van der Waals surface area contributed by atoms with Crippen LogP contribution in [0.15, 0.2) is 12.1 Å². The second-order valence-corrected chi connectivity index (χ2v) is 5.79. The lowest BCUT2D eigenvalue weighted by Gasteiger charge is -2.17. The van der Waals surface area contributed by atoms with E-state index < -0.39 is 0 Å². The molecule has 0 fully saturated rings. The zero-order valence-electron chi connectivity index (χ0n) is 11.7. The summed E-state index contributed by atoms with van der Waals surface area (Å²) in [5.74, 6) is 0.986. The highest BCUT2D eigenvalue weighted by Gasteiger charge is 2.18. The summed E-state index contributed by atoms with van der Waals surface area (Å²) in [5, 5.41) is 10.4. The Morgan fingerprint density at radius 2 is 1.70 bits per heavy atom. The van der Waals surface area contributed by atoms with Crippen molar-refractivity contribution in [3.63, 3.8) is 0 Å². The third-order valence-electron chi connectivity index (χ3n) is 3.88. The van der Waals surface area contributed by atoms with Gasteiger partial charge in [-0.25, -0.2) is 9.97 Å². The monoisotopic (exact) mass is 288 g/mol. The second kappa shape index (κ2) is 5.06. The van der Waals surface area contributed by atoms with Crippen LogP contribution in [0.2, 0.25) is 5.15 Å². The van der Waals surface area contributed by atoms with E-state index in [-0.39, 0.29) is 0 Å². The average molecular weight is 289 g/mol. The SMILES string of the molecule is Cc1cc(-c2nc(Cl)c3c(n2)CCCC3)cc(C)c1O. The normalized spacial score (nSPS) is 14.2. The van der Waals surface area contributed by atoms with Crippen molar-refractivity contribution in [2.45, 2.75) is 39.5 Å². The molecular formula is C16H17ClN2O. The summed E-state index contributed by atoms with van der Waals surface area (Å²) >= 11 is 6.31. The molecule has 104 valence electrons. The van der Waals surface area contributed by atoms with Crippen LogP contribution in [0.4, 0.5) is 0 Å². The second-order valence-electron chi connectivity index (χ2n) is 5.43. The predicted molar refractivity (Wildman–Crippen MR) is 80.3 cm³/mol. The summed E-state index contributed by atoms with van der Waals surface area (Å²) in [4.78, 5) is 9.12. The lowest BCUT2D eigenvalue weighted by molar-refractivity contribution is 0.467. The van der Waals surface area contributed by atoms with Crippen LogP contribution in [-0.2, 0) is 12.8 Å². The maximum atomic E-state index is 9.86. The molecule has 1 aliphatic carbocycles. The minimum atomic E-state index is 0.331. The maximum absolute atomic E-state index is 9.86. The minimum Gasteiger partial charge on any atom is -0.507 e. The number of aromatic nitrogens is 2. The van der Waals surface area contributed by atoms with Crippen molar-refractivity contribution in [1.29, 1.82) is 0 Å². The Morgan fingerprint density at radius 3 is 2.40 bits per heavy atom. The number of phenols is 1. The zero-order valence-corrected chi connectivity index (χ0v) is 12.5. The van der Waals surface area contributed by atoms with Crippen molar-refractivity contribution >= 4 is 11.6 Å².